The fourth-order valence-corrected chi connectivity index (χ4v) is 1.58. The molecule has 0 aliphatic heterocycles. The first kappa shape index (κ1) is 12.7. The molecule has 0 saturated heterocycles. The Kier molecular flexibility index (Phi) is 5.01. The fraction of sp³-hybridized carbons (Fsp3) is 0.500. The first-order valence-electron chi connectivity index (χ1n) is 5.87. The summed E-state index contributed by atoms with van der Waals surface area (Å²) in [6.07, 6.45) is 1.18. The Hall–Kier alpha value is -1.33. The van der Waals surface area contributed by atoms with Crippen molar-refractivity contribution in [3.05, 3.63) is 35.4 Å². The molecule has 1 rings (SSSR count). The maximum atomic E-state index is 8.82. The van der Waals surface area contributed by atoms with E-state index in [2.05, 4.69) is 38.2 Å². The second kappa shape index (κ2) is 6.30. The van der Waals surface area contributed by atoms with Crippen molar-refractivity contribution in [3.63, 3.8) is 0 Å². The predicted octanol–water partition coefficient (Wildman–Crippen LogP) is 3.25. The Bertz CT molecular complexity index is 363. The molecule has 0 radical (unpaired) electrons. The van der Waals surface area contributed by atoms with Crippen LogP contribution in [-0.2, 0) is 0 Å². The van der Waals surface area contributed by atoms with Gasteiger partial charge in [0.2, 0.25) is 0 Å². The molecule has 86 valence electrons. The summed E-state index contributed by atoms with van der Waals surface area (Å²) in [5.41, 5.74) is 1.91. The van der Waals surface area contributed by atoms with Crippen molar-refractivity contribution in [2.75, 3.05) is 6.54 Å². The maximum absolute atomic E-state index is 8.82. The summed E-state index contributed by atoms with van der Waals surface area (Å²) >= 11 is 0. The maximum Gasteiger partial charge on any atom is 0.0991 e. The minimum absolute atomic E-state index is 0.312. The molecule has 2 nitrogen and oxygen atoms in total. The minimum atomic E-state index is 0.312. The Labute approximate surface area is 98.3 Å². The lowest BCUT2D eigenvalue weighted by molar-refractivity contribution is 0.497. The lowest BCUT2D eigenvalue weighted by Gasteiger charge is -2.15. The standard InChI is InChI=1S/C14H20N2/c1-11(2)7-8-16-12(3)14-6-4-5-13(9-14)10-15/h4-6,9,11-12,16H,7-8H2,1-3H3. The second-order valence-corrected chi connectivity index (χ2v) is 4.60. The molecule has 2 heteroatoms. The highest BCUT2D eigenvalue weighted by Gasteiger charge is 2.05. The number of rotatable bonds is 5. The van der Waals surface area contributed by atoms with E-state index in [1.807, 2.05) is 18.2 Å². The molecule has 16 heavy (non-hydrogen) atoms. The van der Waals surface area contributed by atoms with E-state index < -0.39 is 0 Å². The van der Waals surface area contributed by atoms with Gasteiger partial charge in [-0.2, -0.15) is 5.26 Å². The van der Waals surface area contributed by atoms with E-state index in [1.54, 1.807) is 0 Å². The molecule has 1 aromatic rings. The summed E-state index contributed by atoms with van der Waals surface area (Å²) in [6.45, 7) is 7.61. The summed E-state index contributed by atoms with van der Waals surface area (Å²) < 4.78 is 0. The normalized spacial score (nSPS) is 12.4. The Morgan fingerprint density at radius 1 is 1.31 bits per heavy atom. The van der Waals surface area contributed by atoms with Gasteiger partial charge in [0.1, 0.15) is 0 Å². The van der Waals surface area contributed by atoms with Crippen LogP contribution < -0.4 is 5.32 Å². The zero-order valence-electron chi connectivity index (χ0n) is 10.3. The summed E-state index contributed by atoms with van der Waals surface area (Å²) in [5.74, 6) is 0.727. The van der Waals surface area contributed by atoms with E-state index in [4.69, 9.17) is 5.26 Å². The molecule has 0 spiro atoms. The van der Waals surface area contributed by atoms with Crippen LogP contribution in [0.2, 0.25) is 0 Å². The first-order chi connectivity index (χ1) is 7.63. The highest BCUT2D eigenvalue weighted by Crippen LogP contribution is 2.14. The lowest BCUT2D eigenvalue weighted by atomic mass is 10.0. The van der Waals surface area contributed by atoms with Crippen molar-refractivity contribution in [3.8, 4) is 6.07 Å². The van der Waals surface area contributed by atoms with E-state index in [1.165, 1.54) is 12.0 Å². The SMILES string of the molecule is CC(C)CCNC(C)c1cccc(C#N)c1. The molecule has 0 aliphatic carbocycles. The number of hydrogen-bond acceptors (Lipinski definition) is 2. The molecule has 0 bridgehead atoms. The van der Waals surface area contributed by atoms with Crippen LogP contribution >= 0.6 is 0 Å². The molecule has 0 fully saturated rings. The zero-order valence-corrected chi connectivity index (χ0v) is 10.3. The molecule has 0 aromatic heterocycles. The van der Waals surface area contributed by atoms with Crippen LogP contribution in [0.15, 0.2) is 24.3 Å². The smallest absolute Gasteiger partial charge is 0.0991 e. The third-order valence-electron chi connectivity index (χ3n) is 2.69. The highest BCUT2D eigenvalue weighted by atomic mass is 14.9. The summed E-state index contributed by atoms with van der Waals surface area (Å²) in [4.78, 5) is 0. The van der Waals surface area contributed by atoms with Crippen LogP contribution in [0.1, 0.15) is 44.4 Å². The molecule has 1 N–H and O–H groups in total. The molecule has 0 heterocycles. The molecule has 1 unspecified atom stereocenters. The number of nitriles is 1. The van der Waals surface area contributed by atoms with E-state index in [9.17, 15) is 0 Å². The van der Waals surface area contributed by atoms with Crippen molar-refractivity contribution in [2.45, 2.75) is 33.2 Å². The van der Waals surface area contributed by atoms with E-state index >= 15 is 0 Å². The van der Waals surface area contributed by atoms with Gasteiger partial charge in [-0.3, -0.25) is 0 Å². The first-order valence-corrected chi connectivity index (χ1v) is 5.87. The Morgan fingerprint density at radius 2 is 2.06 bits per heavy atom. The van der Waals surface area contributed by atoms with Gasteiger partial charge in [0.05, 0.1) is 11.6 Å². The average Bonchev–Trinajstić information content (AvgIpc) is 2.28. The molecule has 1 aromatic carbocycles. The van der Waals surface area contributed by atoms with Gasteiger partial charge in [-0.05, 0) is 43.5 Å². The lowest BCUT2D eigenvalue weighted by Crippen LogP contribution is -2.21. The van der Waals surface area contributed by atoms with Crippen LogP contribution in [0.4, 0.5) is 0 Å². The van der Waals surface area contributed by atoms with Gasteiger partial charge in [-0.1, -0.05) is 26.0 Å². The van der Waals surface area contributed by atoms with Gasteiger partial charge < -0.3 is 5.32 Å². The van der Waals surface area contributed by atoms with Gasteiger partial charge in [0, 0.05) is 6.04 Å². The number of nitrogens with zero attached hydrogens (tertiary/aromatic N) is 1. The molecule has 0 aliphatic rings. The fourth-order valence-electron chi connectivity index (χ4n) is 1.58. The van der Waals surface area contributed by atoms with Gasteiger partial charge in [-0.25, -0.2) is 0 Å². The Balaban J connectivity index is 2.52. The molecule has 0 saturated carbocycles. The third-order valence-corrected chi connectivity index (χ3v) is 2.69. The van der Waals surface area contributed by atoms with E-state index in [0.717, 1.165) is 18.0 Å². The summed E-state index contributed by atoms with van der Waals surface area (Å²) in [7, 11) is 0. The van der Waals surface area contributed by atoms with Crippen LogP contribution in [0.25, 0.3) is 0 Å². The number of hydrogen-bond donors (Lipinski definition) is 1. The van der Waals surface area contributed by atoms with Crippen LogP contribution in [-0.4, -0.2) is 6.54 Å². The van der Waals surface area contributed by atoms with Crippen LogP contribution in [0.5, 0.6) is 0 Å². The average molecular weight is 216 g/mol. The quantitative estimate of drug-likeness (QED) is 0.820. The van der Waals surface area contributed by atoms with Gasteiger partial charge >= 0.3 is 0 Å². The Morgan fingerprint density at radius 3 is 2.69 bits per heavy atom. The number of benzene rings is 1. The predicted molar refractivity (Wildman–Crippen MR) is 67.0 cm³/mol. The van der Waals surface area contributed by atoms with Gasteiger partial charge in [0.25, 0.3) is 0 Å². The third kappa shape index (κ3) is 4.04. The molecular weight excluding hydrogens is 196 g/mol. The van der Waals surface area contributed by atoms with E-state index in [-0.39, 0.29) is 0 Å². The van der Waals surface area contributed by atoms with Crippen LogP contribution in [0.3, 0.4) is 0 Å². The monoisotopic (exact) mass is 216 g/mol. The number of nitrogens with one attached hydrogen (secondary N) is 1. The molecule has 0 amide bonds. The van der Waals surface area contributed by atoms with Crippen molar-refractivity contribution < 1.29 is 0 Å². The largest absolute Gasteiger partial charge is 0.310 e. The highest BCUT2D eigenvalue weighted by molar-refractivity contribution is 5.33. The van der Waals surface area contributed by atoms with Crippen LogP contribution in [0, 0.1) is 17.2 Å². The van der Waals surface area contributed by atoms with Crippen molar-refractivity contribution in [1.82, 2.24) is 5.32 Å². The topological polar surface area (TPSA) is 35.8 Å². The minimum Gasteiger partial charge on any atom is -0.310 e. The summed E-state index contributed by atoms with van der Waals surface area (Å²) in [5, 5.41) is 12.3. The van der Waals surface area contributed by atoms with Crippen molar-refractivity contribution >= 4 is 0 Å². The molecular formula is C14H20N2. The summed E-state index contributed by atoms with van der Waals surface area (Å²) in [6, 6.07) is 10.3. The second-order valence-electron chi connectivity index (χ2n) is 4.60. The van der Waals surface area contributed by atoms with Gasteiger partial charge in [0.15, 0.2) is 0 Å². The van der Waals surface area contributed by atoms with E-state index in [0.29, 0.717) is 6.04 Å². The van der Waals surface area contributed by atoms with Crippen molar-refractivity contribution in [2.24, 2.45) is 5.92 Å². The van der Waals surface area contributed by atoms with Crippen molar-refractivity contribution in [1.29, 1.82) is 5.26 Å². The molecule has 1 atom stereocenters. The van der Waals surface area contributed by atoms with Gasteiger partial charge in [-0.15, -0.1) is 0 Å². The zero-order chi connectivity index (χ0) is 12.0.